The molecule has 9 heteroatoms. The van der Waals surface area contributed by atoms with E-state index >= 15 is 0 Å². The number of rotatable bonds is 3. The number of hydrogen-bond acceptors (Lipinski definition) is 4. The van der Waals surface area contributed by atoms with Crippen molar-refractivity contribution in [3.05, 3.63) is 41.3 Å². The summed E-state index contributed by atoms with van der Waals surface area (Å²) in [5.41, 5.74) is -0.854. The molecule has 1 saturated heterocycles. The second-order valence-corrected chi connectivity index (χ2v) is 5.60. The van der Waals surface area contributed by atoms with Crippen molar-refractivity contribution in [2.24, 2.45) is 0 Å². The minimum atomic E-state index is -4.46. The molecule has 0 unspecified atom stereocenters. The maximum atomic E-state index is 12.7. The van der Waals surface area contributed by atoms with E-state index in [0.717, 1.165) is 12.3 Å². The van der Waals surface area contributed by atoms with Gasteiger partial charge in [-0.1, -0.05) is 11.6 Å². The third-order valence-electron chi connectivity index (χ3n) is 3.54. The Labute approximate surface area is 135 Å². The molecule has 3 heterocycles. The van der Waals surface area contributed by atoms with Crippen molar-refractivity contribution in [3.8, 4) is 0 Å². The van der Waals surface area contributed by atoms with E-state index in [1.165, 1.54) is 0 Å². The quantitative estimate of drug-likeness (QED) is 0.857. The molecule has 0 N–H and O–H groups in total. The molecule has 0 aliphatic carbocycles. The van der Waals surface area contributed by atoms with E-state index in [1.54, 1.807) is 10.9 Å². The van der Waals surface area contributed by atoms with E-state index in [2.05, 4.69) is 10.1 Å². The molecule has 5 nitrogen and oxygen atoms in total. The summed E-state index contributed by atoms with van der Waals surface area (Å²) >= 11 is 6.00. The predicted molar refractivity (Wildman–Crippen MR) is 78.4 cm³/mol. The number of nitrogens with zero attached hydrogens (tertiary/aromatic N) is 4. The first-order chi connectivity index (χ1) is 10.9. The summed E-state index contributed by atoms with van der Waals surface area (Å²) in [6.45, 7) is 2.01. The second-order valence-electron chi connectivity index (χ2n) is 5.19. The molecule has 1 fully saturated rings. The fraction of sp³-hybridized carbons (Fsp3) is 0.429. The van der Waals surface area contributed by atoms with E-state index in [-0.39, 0.29) is 11.1 Å². The molecule has 0 amide bonds. The number of alkyl halides is 3. The molecule has 3 rings (SSSR count). The molecule has 1 aliphatic rings. The van der Waals surface area contributed by atoms with Crippen molar-refractivity contribution in [2.75, 3.05) is 24.6 Å². The van der Waals surface area contributed by atoms with Crippen molar-refractivity contribution in [1.82, 2.24) is 14.8 Å². The van der Waals surface area contributed by atoms with Gasteiger partial charge in [0.2, 0.25) is 0 Å². The molecule has 23 heavy (non-hydrogen) atoms. The SMILES string of the molecule is FC(F)(F)c1cnc(N2CCO[C@@H](Cn3cccn3)C2)c(Cl)c1. The molecule has 2 aromatic heterocycles. The highest BCUT2D eigenvalue weighted by Crippen LogP contribution is 2.33. The summed E-state index contributed by atoms with van der Waals surface area (Å²) in [5.74, 6) is 0.341. The Balaban J connectivity index is 1.73. The Morgan fingerprint density at radius 2 is 2.22 bits per heavy atom. The van der Waals surface area contributed by atoms with Crippen molar-refractivity contribution in [1.29, 1.82) is 0 Å². The first kappa shape index (κ1) is 16.1. The number of anilines is 1. The first-order valence-corrected chi connectivity index (χ1v) is 7.38. The lowest BCUT2D eigenvalue weighted by atomic mass is 10.2. The highest BCUT2D eigenvalue weighted by atomic mass is 35.5. The van der Waals surface area contributed by atoms with Crippen LogP contribution in [0.3, 0.4) is 0 Å². The molecular weight excluding hydrogens is 333 g/mol. The Morgan fingerprint density at radius 1 is 1.39 bits per heavy atom. The molecule has 0 bridgehead atoms. The Hall–Kier alpha value is -1.80. The maximum absolute atomic E-state index is 12.7. The largest absolute Gasteiger partial charge is 0.417 e. The van der Waals surface area contributed by atoms with Crippen LogP contribution in [0.15, 0.2) is 30.7 Å². The minimum absolute atomic E-state index is 0.0143. The van der Waals surface area contributed by atoms with Gasteiger partial charge in [0.15, 0.2) is 0 Å². The number of morpholine rings is 1. The number of halogens is 4. The van der Waals surface area contributed by atoms with E-state index in [4.69, 9.17) is 16.3 Å². The minimum Gasteiger partial charge on any atom is -0.373 e. The molecule has 0 aromatic carbocycles. The third kappa shape index (κ3) is 3.76. The standard InChI is InChI=1S/C14H14ClF3N4O/c15-12-6-10(14(16,17)18)7-19-13(12)21-4-5-23-11(8-21)9-22-3-1-2-20-22/h1-3,6-7,11H,4-5,8-9H2/t11-/m1/s1. The molecule has 0 spiro atoms. The normalized spacial score (nSPS) is 19.1. The zero-order valence-corrected chi connectivity index (χ0v) is 12.8. The fourth-order valence-electron chi connectivity index (χ4n) is 2.46. The lowest BCUT2D eigenvalue weighted by molar-refractivity contribution is -0.137. The van der Waals surface area contributed by atoms with Gasteiger partial charge >= 0.3 is 6.18 Å². The maximum Gasteiger partial charge on any atom is 0.417 e. The zero-order chi connectivity index (χ0) is 16.4. The summed E-state index contributed by atoms with van der Waals surface area (Å²) in [4.78, 5) is 5.73. The van der Waals surface area contributed by atoms with Crippen LogP contribution in [0.1, 0.15) is 5.56 Å². The van der Waals surface area contributed by atoms with Crippen LogP contribution in [0, 0.1) is 0 Å². The van der Waals surface area contributed by atoms with Gasteiger partial charge < -0.3 is 9.64 Å². The van der Waals surface area contributed by atoms with Crippen molar-refractivity contribution >= 4 is 17.4 Å². The summed E-state index contributed by atoms with van der Waals surface area (Å²) in [7, 11) is 0. The van der Waals surface area contributed by atoms with Crippen LogP contribution < -0.4 is 4.90 Å². The number of hydrogen-bond donors (Lipinski definition) is 0. The van der Waals surface area contributed by atoms with Gasteiger partial charge in [0.1, 0.15) is 5.82 Å². The molecule has 1 atom stereocenters. The van der Waals surface area contributed by atoms with Gasteiger partial charge in [-0.2, -0.15) is 18.3 Å². The van der Waals surface area contributed by atoms with Gasteiger partial charge in [0.25, 0.3) is 0 Å². The second kappa shape index (κ2) is 6.37. The van der Waals surface area contributed by atoms with Gasteiger partial charge in [-0.3, -0.25) is 4.68 Å². The summed E-state index contributed by atoms with van der Waals surface area (Å²) in [6.07, 6.45) is -0.286. The predicted octanol–water partition coefficient (Wildman–Crippen LogP) is 2.86. The van der Waals surface area contributed by atoms with E-state index in [0.29, 0.717) is 32.1 Å². The zero-order valence-electron chi connectivity index (χ0n) is 12.0. The van der Waals surface area contributed by atoms with Gasteiger partial charge in [-0.15, -0.1) is 0 Å². The van der Waals surface area contributed by atoms with Gasteiger partial charge in [-0.25, -0.2) is 4.98 Å². The molecule has 0 saturated carbocycles. The first-order valence-electron chi connectivity index (χ1n) is 7.00. The van der Waals surface area contributed by atoms with Gasteiger partial charge in [-0.05, 0) is 12.1 Å². The lowest BCUT2D eigenvalue weighted by Gasteiger charge is -2.34. The molecule has 2 aromatic rings. The summed E-state index contributed by atoms with van der Waals surface area (Å²) in [5, 5.41) is 4.10. The Kier molecular flexibility index (Phi) is 4.45. The summed E-state index contributed by atoms with van der Waals surface area (Å²) in [6, 6.07) is 2.72. The van der Waals surface area contributed by atoms with Crippen LogP contribution in [0.2, 0.25) is 5.02 Å². The average Bonchev–Trinajstić information content (AvgIpc) is 2.99. The van der Waals surface area contributed by atoms with Crippen LogP contribution >= 0.6 is 11.6 Å². The monoisotopic (exact) mass is 346 g/mol. The van der Waals surface area contributed by atoms with Crippen LogP contribution in [-0.4, -0.2) is 40.6 Å². The van der Waals surface area contributed by atoms with E-state index in [1.807, 2.05) is 17.2 Å². The van der Waals surface area contributed by atoms with E-state index in [9.17, 15) is 13.2 Å². The number of aromatic nitrogens is 3. The fourth-order valence-corrected chi connectivity index (χ4v) is 2.74. The highest BCUT2D eigenvalue weighted by molar-refractivity contribution is 6.33. The molecular formula is C14H14ClF3N4O. The smallest absolute Gasteiger partial charge is 0.373 e. The molecule has 1 aliphatic heterocycles. The van der Waals surface area contributed by atoms with Crippen molar-refractivity contribution in [3.63, 3.8) is 0 Å². The van der Waals surface area contributed by atoms with Crippen molar-refractivity contribution in [2.45, 2.75) is 18.8 Å². The van der Waals surface area contributed by atoms with Crippen LogP contribution in [0.4, 0.5) is 19.0 Å². The lowest BCUT2D eigenvalue weighted by Crippen LogP contribution is -2.44. The topological polar surface area (TPSA) is 43.2 Å². The highest BCUT2D eigenvalue weighted by Gasteiger charge is 2.32. The number of ether oxygens (including phenoxy) is 1. The van der Waals surface area contributed by atoms with Gasteiger partial charge in [0.05, 0.1) is 29.8 Å². The van der Waals surface area contributed by atoms with Crippen LogP contribution in [0.5, 0.6) is 0 Å². The average molecular weight is 347 g/mol. The van der Waals surface area contributed by atoms with Gasteiger partial charge in [0, 0.05) is 31.7 Å². The van der Waals surface area contributed by atoms with Crippen LogP contribution in [-0.2, 0) is 17.5 Å². The molecule has 124 valence electrons. The van der Waals surface area contributed by atoms with Crippen molar-refractivity contribution < 1.29 is 17.9 Å². The molecule has 0 radical (unpaired) electrons. The Morgan fingerprint density at radius 3 is 2.87 bits per heavy atom. The van der Waals surface area contributed by atoms with Crippen LogP contribution in [0.25, 0.3) is 0 Å². The summed E-state index contributed by atoms with van der Waals surface area (Å²) < 4.78 is 45.4. The van der Waals surface area contributed by atoms with E-state index < -0.39 is 11.7 Å². The third-order valence-corrected chi connectivity index (χ3v) is 3.82. The Bertz CT molecular complexity index is 663. The number of pyridine rings is 1.